The number of hydrazone groups is 1. The maximum absolute atomic E-state index is 13.2. The van der Waals surface area contributed by atoms with E-state index in [1.54, 1.807) is 12.1 Å². The van der Waals surface area contributed by atoms with Gasteiger partial charge in [-0.25, -0.2) is 19.0 Å². The Balaban J connectivity index is 1.90. The van der Waals surface area contributed by atoms with Gasteiger partial charge >= 0.3 is 0 Å². The Labute approximate surface area is 179 Å². The lowest BCUT2D eigenvalue weighted by atomic mass is 10.1. The summed E-state index contributed by atoms with van der Waals surface area (Å²) < 4.78 is 19.0. The Hall–Kier alpha value is -3.12. The second-order valence-corrected chi connectivity index (χ2v) is 7.50. The number of hydrogen-bond donors (Lipinski definition) is 3. The Morgan fingerprint density at radius 3 is 2.48 bits per heavy atom. The highest BCUT2D eigenvalue weighted by atomic mass is 79.9. The molecule has 4 rings (SSSR count). The SMILES string of the molecule is NN=C(c1cc(Br)cc(Br)c1O)c1nc2nonc2nc1Nc1ccc(F)cc1. The van der Waals surface area contributed by atoms with E-state index in [4.69, 9.17) is 5.84 Å². The lowest BCUT2D eigenvalue weighted by molar-refractivity contribution is 0.314. The van der Waals surface area contributed by atoms with E-state index in [0.717, 1.165) is 0 Å². The second kappa shape index (κ2) is 7.72. The molecule has 0 aliphatic heterocycles. The van der Waals surface area contributed by atoms with Crippen molar-refractivity contribution in [3.8, 4) is 5.75 Å². The Morgan fingerprint density at radius 2 is 1.79 bits per heavy atom. The van der Waals surface area contributed by atoms with Crippen LogP contribution in [0.15, 0.2) is 55.1 Å². The summed E-state index contributed by atoms with van der Waals surface area (Å²) >= 11 is 6.65. The van der Waals surface area contributed by atoms with Crippen LogP contribution in [0, 0.1) is 5.82 Å². The zero-order valence-corrected chi connectivity index (χ0v) is 17.4. The first-order valence-electron chi connectivity index (χ1n) is 7.96. The van der Waals surface area contributed by atoms with Crippen LogP contribution in [-0.2, 0) is 0 Å². The van der Waals surface area contributed by atoms with Crippen LogP contribution in [0.3, 0.4) is 0 Å². The molecule has 2 heterocycles. The number of phenols is 1. The second-order valence-electron chi connectivity index (χ2n) is 5.73. The third-order valence-corrected chi connectivity index (χ3v) is 4.92. The summed E-state index contributed by atoms with van der Waals surface area (Å²) in [6.07, 6.45) is 0. The van der Waals surface area contributed by atoms with Gasteiger partial charge in [-0.3, -0.25) is 0 Å². The van der Waals surface area contributed by atoms with E-state index < -0.39 is 0 Å². The Kier molecular flexibility index (Phi) is 5.11. The molecule has 0 bridgehead atoms. The van der Waals surface area contributed by atoms with Crippen molar-refractivity contribution < 1.29 is 14.1 Å². The van der Waals surface area contributed by atoms with Gasteiger partial charge in [0.2, 0.25) is 11.3 Å². The monoisotopic (exact) mass is 521 g/mol. The van der Waals surface area contributed by atoms with E-state index in [0.29, 0.717) is 20.2 Å². The number of nitrogens with two attached hydrogens (primary N) is 1. The van der Waals surface area contributed by atoms with E-state index in [9.17, 15) is 9.50 Å². The minimum atomic E-state index is -0.383. The third kappa shape index (κ3) is 3.76. The number of rotatable bonds is 4. The van der Waals surface area contributed by atoms with Crippen molar-refractivity contribution in [1.82, 2.24) is 20.3 Å². The fourth-order valence-corrected chi connectivity index (χ4v) is 3.79. The van der Waals surface area contributed by atoms with Crippen molar-refractivity contribution >= 4 is 60.4 Å². The van der Waals surface area contributed by atoms with Gasteiger partial charge in [-0.15, -0.1) is 0 Å². The van der Waals surface area contributed by atoms with Crippen LogP contribution < -0.4 is 11.2 Å². The number of nitrogens with zero attached hydrogens (tertiary/aromatic N) is 5. The third-order valence-electron chi connectivity index (χ3n) is 3.86. The zero-order valence-electron chi connectivity index (χ0n) is 14.3. The van der Waals surface area contributed by atoms with Crippen molar-refractivity contribution in [1.29, 1.82) is 0 Å². The van der Waals surface area contributed by atoms with Gasteiger partial charge in [-0.1, -0.05) is 15.9 Å². The van der Waals surface area contributed by atoms with Crippen LogP contribution in [0.4, 0.5) is 15.9 Å². The molecular weight excluding hydrogens is 513 g/mol. The molecule has 0 spiro atoms. The molecule has 0 unspecified atom stereocenters. The molecule has 2 aromatic carbocycles. The molecular formula is C17H10Br2FN7O2. The first-order valence-corrected chi connectivity index (χ1v) is 9.54. The van der Waals surface area contributed by atoms with Crippen molar-refractivity contribution in [3.63, 3.8) is 0 Å². The number of phenolic OH excluding ortho intramolecular Hbond substituents is 1. The van der Waals surface area contributed by atoms with Crippen LogP contribution in [0.5, 0.6) is 5.75 Å². The van der Waals surface area contributed by atoms with Gasteiger partial charge in [0.1, 0.15) is 23.0 Å². The van der Waals surface area contributed by atoms with Crippen molar-refractivity contribution in [2.75, 3.05) is 5.32 Å². The van der Waals surface area contributed by atoms with Crippen LogP contribution in [0.2, 0.25) is 0 Å². The first-order chi connectivity index (χ1) is 14.0. The summed E-state index contributed by atoms with van der Waals surface area (Å²) in [7, 11) is 0. The average molecular weight is 523 g/mol. The summed E-state index contributed by atoms with van der Waals surface area (Å²) in [6.45, 7) is 0. The van der Waals surface area contributed by atoms with Crippen molar-refractivity contribution in [3.05, 3.63) is 62.4 Å². The summed E-state index contributed by atoms with van der Waals surface area (Å²) in [5.74, 6) is 5.38. The molecule has 0 fully saturated rings. The molecule has 0 saturated heterocycles. The lowest BCUT2D eigenvalue weighted by Crippen LogP contribution is -2.14. The number of aromatic nitrogens is 4. The molecule has 2 aromatic heterocycles. The normalized spacial score (nSPS) is 11.8. The smallest absolute Gasteiger partial charge is 0.245 e. The van der Waals surface area contributed by atoms with Gasteiger partial charge in [0, 0.05) is 15.7 Å². The highest BCUT2D eigenvalue weighted by Gasteiger charge is 2.23. The fraction of sp³-hybridized carbons (Fsp3) is 0. The standard InChI is InChI=1S/C17H10Br2FN7O2/c18-7-5-10(14(28)11(19)6-7)12(25-21)13-15(22-9-3-1-8(20)2-4-9)24-17-16(23-13)26-29-27-17/h1-6,28H,21H2,(H,22,24,27). The van der Waals surface area contributed by atoms with E-state index >= 15 is 0 Å². The highest BCUT2D eigenvalue weighted by molar-refractivity contribution is 9.11. The molecule has 0 aliphatic rings. The Bertz CT molecular complexity index is 1240. The minimum Gasteiger partial charge on any atom is -0.506 e. The number of nitrogens with one attached hydrogen (secondary N) is 1. The molecule has 0 radical (unpaired) electrons. The zero-order chi connectivity index (χ0) is 20.5. The van der Waals surface area contributed by atoms with Gasteiger partial charge in [0.05, 0.1) is 4.47 Å². The molecule has 0 atom stereocenters. The van der Waals surface area contributed by atoms with Crippen molar-refractivity contribution in [2.24, 2.45) is 10.9 Å². The summed E-state index contributed by atoms with van der Waals surface area (Å²) in [6, 6.07) is 8.93. The quantitative estimate of drug-likeness (QED) is 0.209. The maximum Gasteiger partial charge on any atom is 0.245 e. The predicted octanol–water partition coefficient (Wildman–Crippen LogP) is 3.84. The number of benzene rings is 2. The van der Waals surface area contributed by atoms with Gasteiger partial charge in [0.25, 0.3) is 0 Å². The van der Waals surface area contributed by atoms with Crippen LogP contribution in [0.1, 0.15) is 11.3 Å². The molecule has 0 aliphatic carbocycles. The Morgan fingerprint density at radius 1 is 1.10 bits per heavy atom. The number of halogens is 3. The number of anilines is 2. The predicted molar refractivity (Wildman–Crippen MR) is 110 cm³/mol. The first kappa shape index (κ1) is 19.2. The summed E-state index contributed by atoms with van der Waals surface area (Å²) in [5, 5.41) is 24.7. The molecule has 0 amide bonds. The largest absolute Gasteiger partial charge is 0.506 e. The van der Waals surface area contributed by atoms with Crippen LogP contribution in [-0.4, -0.2) is 31.1 Å². The van der Waals surface area contributed by atoms with Crippen molar-refractivity contribution in [2.45, 2.75) is 0 Å². The lowest BCUT2D eigenvalue weighted by Gasteiger charge is -2.13. The molecule has 29 heavy (non-hydrogen) atoms. The van der Waals surface area contributed by atoms with E-state index in [1.165, 1.54) is 24.3 Å². The molecule has 0 saturated carbocycles. The van der Waals surface area contributed by atoms with E-state index in [-0.39, 0.29) is 40.1 Å². The minimum absolute atomic E-state index is 0.0923. The van der Waals surface area contributed by atoms with Crippen LogP contribution >= 0.6 is 31.9 Å². The average Bonchev–Trinajstić information content (AvgIpc) is 3.15. The van der Waals surface area contributed by atoms with Gasteiger partial charge in [0.15, 0.2) is 5.82 Å². The summed E-state index contributed by atoms with van der Waals surface area (Å²) in [4.78, 5) is 8.72. The van der Waals surface area contributed by atoms with E-state index in [2.05, 4.69) is 67.2 Å². The molecule has 9 nitrogen and oxygen atoms in total. The van der Waals surface area contributed by atoms with Crippen LogP contribution in [0.25, 0.3) is 11.3 Å². The number of aromatic hydroxyl groups is 1. The highest BCUT2D eigenvalue weighted by Crippen LogP contribution is 2.34. The topological polar surface area (TPSA) is 135 Å². The molecule has 4 N–H and O–H groups in total. The van der Waals surface area contributed by atoms with Gasteiger partial charge < -0.3 is 16.3 Å². The molecule has 4 aromatic rings. The molecule has 12 heteroatoms. The van der Waals surface area contributed by atoms with Gasteiger partial charge in [-0.2, -0.15) is 5.10 Å². The number of fused-ring (bicyclic) bond motifs is 1. The van der Waals surface area contributed by atoms with Gasteiger partial charge in [-0.05, 0) is 62.6 Å². The number of hydrogen-bond acceptors (Lipinski definition) is 9. The molecule has 146 valence electrons. The summed E-state index contributed by atoms with van der Waals surface area (Å²) in [5.41, 5.74) is 1.41. The maximum atomic E-state index is 13.2. The fourth-order valence-electron chi connectivity index (χ4n) is 2.56. The van der Waals surface area contributed by atoms with E-state index in [1.807, 2.05) is 0 Å².